The Bertz CT molecular complexity index is 1300. The molecule has 9 nitrogen and oxygen atoms in total. The second-order valence-electron chi connectivity index (χ2n) is 9.00. The van der Waals surface area contributed by atoms with Crippen molar-refractivity contribution in [3.8, 4) is 5.75 Å². The number of nitrogens with zero attached hydrogens (tertiary/aromatic N) is 4. The lowest BCUT2D eigenvalue weighted by atomic mass is 10.1. The summed E-state index contributed by atoms with van der Waals surface area (Å²) < 4.78 is 12.6. The summed E-state index contributed by atoms with van der Waals surface area (Å²) in [4.78, 5) is 28.8. The highest BCUT2D eigenvalue weighted by atomic mass is 16.5. The van der Waals surface area contributed by atoms with Gasteiger partial charge in [0.15, 0.2) is 6.04 Å². The Morgan fingerprint density at radius 2 is 1.94 bits per heavy atom. The van der Waals surface area contributed by atoms with Crippen LogP contribution in [0.1, 0.15) is 37.6 Å². The Morgan fingerprint density at radius 3 is 2.69 bits per heavy atom. The van der Waals surface area contributed by atoms with E-state index in [0.29, 0.717) is 29.5 Å². The Hall–Kier alpha value is -4.14. The molecule has 0 aliphatic carbocycles. The van der Waals surface area contributed by atoms with Crippen LogP contribution in [-0.4, -0.2) is 45.4 Å². The maximum atomic E-state index is 13.8. The number of carbonyl (C=O) groups is 2. The van der Waals surface area contributed by atoms with Crippen molar-refractivity contribution in [2.75, 3.05) is 13.7 Å². The molecule has 188 valence electrons. The van der Waals surface area contributed by atoms with Crippen LogP contribution < -0.4 is 10.1 Å². The largest absolute Gasteiger partial charge is 0.497 e. The van der Waals surface area contributed by atoms with E-state index in [4.69, 9.17) is 9.15 Å². The zero-order valence-corrected chi connectivity index (χ0v) is 20.8. The highest BCUT2D eigenvalue weighted by Gasteiger charge is 2.34. The first-order valence-electron chi connectivity index (χ1n) is 12.0. The zero-order chi connectivity index (χ0) is 25.5. The van der Waals surface area contributed by atoms with Crippen LogP contribution in [0.3, 0.4) is 0 Å². The molecular formula is C27H31N5O4. The molecule has 0 bridgehead atoms. The summed E-state index contributed by atoms with van der Waals surface area (Å²) in [7, 11) is 1.59. The lowest BCUT2D eigenvalue weighted by Gasteiger charge is -2.30. The molecule has 2 aromatic carbocycles. The molecule has 0 radical (unpaired) electrons. The minimum absolute atomic E-state index is 0.0824. The fourth-order valence-electron chi connectivity index (χ4n) is 4.00. The number of ether oxygens (including phenoxy) is 1. The number of furan rings is 1. The third-order valence-electron chi connectivity index (χ3n) is 5.91. The van der Waals surface area contributed by atoms with E-state index in [0.717, 1.165) is 17.5 Å². The number of carbonyl (C=O) groups excluding carboxylic acids is 2. The second-order valence-corrected chi connectivity index (χ2v) is 9.00. The van der Waals surface area contributed by atoms with Crippen molar-refractivity contribution < 1.29 is 18.7 Å². The molecule has 4 aromatic rings. The van der Waals surface area contributed by atoms with Gasteiger partial charge in [-0.2, -0.15) is 0 Å². The molecular weight excluding hydrogens is 458 g/mol. The molecule has 0 saturated heterocycles. The van der Waals surface area contributed by atoms with Crippen LogP contribution in [0.2, 0.25) is 0 Å². The molecule has 4 rings (SSSR count). The van der Waals surface area contributed by atoms with Gasteiger partial charge in [0.05, 0.1) is 18.9 Å². The molecule has 0 saturated carbocycles. The molecule has 2 amide bonds. The second kappa shape index (κ2) is 11.5. The molecule has 1 atom stereocenters. The van der Waals surface area contributed by atoms with E-state index in [1.807, 2.05) is 48.5 Å². The van der Waals surface area contributed by atoms with Gasteiger partial charge < -0.3 is 19.4 Å². The summed E-state index contributed by atoms with van der Waals surface area (Å²) in [5, 5.41) is 11.3. The number of benzene rings is 2. The maximum absolute atomic E-state index is 13.8. The van der Waals surface area contributed by atoms with Crippen molar-refractivity contribution in [3.05, 3.63) is 78.3 Å². The van der Waals surface area contributed by atoms with E-state index < -0.39 is 6.04 Å². The van der Waals surface area contributed by atoms with Crippen molar-refractivity contribution in [2.24, 2.45) is 5.92 Å². The molecule has 0 fully saturated rings. The Labute approximate surface area is 210 Å². The van der Waals surface area contributed by atoms with E-state index in [9.17, 15) is 9.59 Å². The van der Waals surface area contributed by atoms with Gasteiger partial charge in [-0.1, -0.05) is 43.3 Å². The number of hydrogen-bond donors (Lipinski definition) is 1. The fraction of sp³-hybridized carbons (Fsp3) is 0.333. The fourth-order valence-corrected chi connectivity index (χ4v) is 4.00. The standard InChI is InChI=1S/C27H31N5O4/c1-19(2)13-14-28-27(34)26(24-12-7-15-36-24)31(17-20-8-6-9-21(16-20)35-3)25(33)18-32-23-11-5-4-10-22(23)29-30-32/h4-12,15-16,19,26H,13-14,17-18H2,1-3H3,(H,28,34)/t26-/m0/s1. The van der Waals surface area contributed by atoms with Crippen molar-refractivity contribution in [3.63, 3.8) is 0 Å². The first-order valence-corrected chi connectivity index (χ1v) is 12.0. The van der Waals surface area contributed by atoms with Gasteiger partial charge in [0, 0.05) is 13.1 Å². The number of para-hydroxylation sites is 1. The van der Waals surface area contributed by atoms with Gasteiger partial charge in [0.2, 0.25) is 5.91 Å². The monoisotopic (exact) mass is 489 g/mol. The summed E-state index contributed by atoms with van der Waals surface area (Å²) in [5.41, 5.74) is 2.25. The van der Waals surface area contributed by atoms with Gasteiger partial charge in [-0.15, -0.1) is 5.10 Å². The third-order valence-corrected chi connectivity index (χ3v) is 5.91. The van der Waals surface area contributed by atoms with Crippen LogP contribution in [0, 0.1) is 5.92 Å². The van der Waals surface area contributed by atoms with Crippen molar-refractivity contribution >= 4 is 22.8 Å². The van der Waals surface area contributed by atoms with Crippen LogP contribution in [0.4, 0.5) is 0 Å². The van der Waals surface area contributed by atoms with E-state index >= 15 is 0 Å². The van der Waals surface area contributed by atoms with Crippen LogP contribution in [-0.2, 0) is 22.7 Å². The number of methoxy groups -OCH3 is 1. The molecule has 9 heteroatoms. The van der Waals surface area contributed by atoms with Gasteiger partial charge in [0.1, 0.15) is 23.6 Å². The van der Waals surface area contributed by atoms with E-state index in [-0.39, 0.29) is 24.9 Å². The van der Waals surface area contributed by atoms with Gasteiger partial charge in [-0.3, -0.25) is 9.59 Å². The molecule has 36 heavy (non-hydrogen) atoms. The number of amides is 2. The predicted molar refractivity (Wildman–Crippen MR) is 135 cm³/mol. The Kier molecular flexibility index (Phi) is 7.99. The molecule has 0 aliphatic heterocycles. The SMILES string of the molecule is COc1cccc(CN(C(=O)Cn2nnc3ccccc32)[C@H](C(=O)NCCC(C)C)c2ccco2)c1. The Morgan fingerprint density at radius 1 is 1.11 bits per heavy atom. The van der Waals surface area contributed by atoms with Gasteiger partial charge >= 0.3 is 0 Å². The van der Waals surface area contributed by atoms with Gasteiger partial charge in [0.25, 0.3) is 5.91 Å². The van der Waals surface area contributed by atoms with Crippen molar-refractivity contribution in [1.82, 2.24) is 25.2 Å². The summed E-state index contributed by atoms with van der Waals surface area (Å²) >= 11 is 0. The molecule has 0 spiro atoms. The maximum Gasteiger partial charge on any atom is 0.250 e. The molecule has 1 N–H and O–H groups in total. The number of rotatable bonds is 11. The summed E-state index contributed by atoms with van der Waals surface area (Å²) in [6.45, 7) is 4.78. The van der Waals surface area contributed by atoms with E-state index in [2.05, 4.69) is 29.5 Å². The summed E-state index contributed by atoms with van der Waals surface area (Å²) in [6.07, 6.45) is 2.33. The van der Waals surface area contributed by atoms with Crippen LogP contribution in [0.25, 0.3) is 11.0 Å². The zero-order valence-electron chi connectivity index (χ0n) is 20.8. The number of hydrogen-bond acceptors (Lipinski definition) is 6. The summed E-state index contributed by atoms with van der Waals surface area (Å²) in [5.74, 6) is 0.886. The normalized spacial score (nSPS) is 12.0. The number of aromatic nitrogens is 3. The van der Waals surface area contributed by atoms with Crippen molar-refractivity contribution in [1.29, 1.82) is 0 Å². The lowest BCUT2D eigenvalue weighted by Crippen LogP contribution is -2.44. The van der Waals surface area contributed by atoms with Crippen LogP contribution in [0.15, 0.2) is 71.3 Å². The van der Waals surface area contributed by atoms with E-state index in [1.165, 1.54) is 11.2 Å². The smallest absolute Gasteiger partial charge is 0.250 e. The third kappa shape index (κ3) is 5.91. The molecule has 0 unspecified atom stereocenters. The lowest BCUT2D eigenvalue weighted by molar-refractivity contribution is -0.143. The molecule has 2 heterocycles. The quantitative estimate of drug-likeness (QED) is 0.342. The summed E-state index contributed by atoms with van der Waals surface area (Å²) in [6, 6.07) is 17.3. The van der Waals surface area contributed by atoms with Gasteiger partial charge in [-0.25, -0.2) is 4.68 Å². The number of fused-ring (bicyclic) bond motifs is 1. The van der Waals surface area contributed by atoms with E-state index in [1.54, 1.807) is 23.9 Å². The minimum Gasteiger partial charge on any atom is -0.497 e. The first kappa shape index (κ1) is 25.0. The van der Waals surface area contributed by atoms with Crippen molar-refractivity contribution in [2.45, 2.75) is 39.4 Å². The van der Waals surface area contributed by atoms with Crippen LogP contribution in [0.5, 0.6) is 5.75 Å². The Balaban J connectivity index is 1.68. The molecule has 0 aliphatic rings. The van der Waals surface area contributed by atoms with Gasteiger partial charge in [-0.05, 0) is 54.3 Å². The topological polar surface area (TPSA) is 102 Å². The number of nitrogens with one attached hydrogen (secondary N) is 1. The average Bonchev–Trinajstić information content (AvgIpc) is 3.54. The average molecular weight is 490 g/mol. The highest BCUT2D eigenvalue weighted by molar-refractivity contribution is 5.88. The highest BCUT2D eigenvalue weighted by Crippen LogP contribution is 2.26. The first-order chi connectivity index (χ1) is 17.5. The van der Waals surface area contributed by atoms with Crippen LogP contribution >= 0.6 is 0 Å². The molecule has 2 aromatic heterocycles. The minimum atomic E-state index is -0.958. The predicted octanol–water partition coefficient (Wildman–Crippen LogP) is 3.97.